The molecule has 0 fully saturated rings. The minimum Gasteiger partial charge on any atom is -0.395 e. The third-order valence-electron chi connectivity index (χ3n) is 5.87. The fourth-order valence-corrected chi connectivity index (χ4v) is 4.55. The van der Waals surface area contributed by atoms with Crippen LogP contribution >= 0.6 is 0 Å². The van der Waals surface area contributed by atoms with Crippen molar-refractivity contribution in [1.29, 1.82) is 0 Å². The third-order valence-corrected chi connectivity index (χ3v) is 8.06. The average Bonchev–Trinajstić information content (AvgIpc) is 2.81. The Hall–Kier alpha value is -2.76. The van der Waals surface area contributed by atoms with Gasteiger partial charge in [-0.15, -0.1) is 0 Å². The average molecular weight is 595 g/mol. The second-order valence-corrected chi connectivity index (χ2v) is 11.4. The zero-order valence-electron chi connectivity index (χ0n) is 19.4. The van der Waals surface area contributed by atoms with Crippen LogP contribution in [0.5, 0.6) is 5.75 Å². The van der Waals surface area contributed by atoms with Crippen LogP contribution in [0.3, 0.4) is 0 Å². The zero-order chi connectivity index (χ0) is 29.5. The molecule has 38 heavy (non-hydrogen) atoms. The Morgan fingerprint density at radius 3 is 1.92 bits per heavy atom. The number of aliphatic hydroxyl groups is 1. The number of carbonyl (C=O) groups excluding carboxylic acids is 2. The molecule has 0 saturated heterocycles. The van der Waals surface area contributed by atoms with Gasteiger partial charge >= 0.3 is 36.7 Å². The predicted molar refractivity (Wildman–Crippen MR) is 119 cm³/mol. The highest BCUT2D eigenvalue weighted by atomic mass is 32.2. The first-order chi connectivity index (χ1) is 17.1. The minimum absolute atomic E-state index is 0.177. The van der Waals surface area contributed by atoms with Gasteiger partial charge in [-0.25, -0.2) is 0 Å². The number of Topliss-reactive ketones (excluding diaryl/α,β-unsaturated/α-hetero) is 2. The van der Waals surface area contributed by atoms with Gasteiger partial charge in [0.25, 0.3) is 0 Å². The van der Waals surface area contributed by atoms with Crippen LogP contribution < -0.4 is 4.18 Å². The van der Waals surface area contributed by atoms with E-state index in [0.717, 1.165) is 30.3 Å². The molecule has 0 aliphatic heterocycles. The van der Waals surface area contributed by atoms with Gasteiger partial charge in [0.05, 0.1) is 13.0 Å². The van der Waals surface area contributed by atoms with Gasteiger partial charge in [0.15, 0.2) is 11.5 Å². The molecule has 2 N–H and O–H groups in total. The Balaban J connectivity index is 2.56. The van der Waals surface area contributed by atoms with E-state index in [2.05, 4.69) is 4.18 Å². The minimum atomic E-state index is -7.21. The molecule has 9 nitrogen and oxygen atoms in total. The molecular weight excluding hydrogens is 574 g/mol. The molecule has 0 spiro atoms. The molecule has 2 aromatic carbocycles. The molecule has 212 valence electrons. The molecule has 0 saturated carbocycles. The number of hydrogen-bond acceptors (Lipinski definition) is 8. The highest BCUT2D eigenvalue weighted by Crippen LogP contribution is 2.51. The zero-order valence-corrected chi connectivity index (χ0v) is 21.1. The van der Waals surface area contributed by atoms with Gasteiger partial charge in [-0.2, -0.15) is 43.2 Å². The summed E-state index contributed by atoms with van der Waals surface area (Å²) in [5, 5.41) is -5.04. The Bertz CT molecular complexity index is 1470. The summed E-state index contributed by atoms with van der Waals surface area (Å²) in [5.74, 6) is -9.83. The quantitative estimate of drug-likeness (QED) is 0.123. The summed E-state index contributed by atoms with van der Waals surface area (Å²) in [7, 11) is -14.3. The predicted octanol–water partition coefficient (Wildman–Crippen LogP) is 3.81. The fraction of sp³-hybridized carbons (Fsp3) is 0.429. The van der Waals surface area contributed by atoms with Gasteiger partial charge in [-0.3, -0.25) is 14.1 Å². The SMILES string of the molecule is CCC(C)(CO)C(=O)CC(=O)c1cccc2c(OS(=O)(=O)C(F)(F)C(F)(F)C(F)(F)S(=O)(=O)O)cccc12. The monoisotopic (exact) mass is 594 g/mol. The molecule has 0 aliphatic carbocycles. The standard InChI is InChI=1S/C21H20F6O9S2/c1-3-18(2,11-28)17(30)10-15(29)13-7-4-8-14-12(13)6-5-9-16(14)36-38(34,35)21(26,27)19(22,23)20(24,25)37(31,32)33/h4-9,28H,3,10-11H2,1-2H3,(H,31,32,33). The first-order valence-corrected chi connectivity index (χ1v) is 13.2. The molecule has 0 radical (unpaired) electrons. The fourth-order valence-electron chi connectivity index (χ4n) is 3.11. The topological polar surface area (TPSA) is 152 Å². The van der Waals surface area contributed by atoms with Crippen molar-refractivity contribution in [2.75, 3.05) is 6.61 Å². The third kappa shape index (κ3) is 5.11. The van der Waals surface area contributed by atoms with Crippen molar-refractivity contribution in [1.82, 2.24) is 0 Å². The number of hydrogen-bond donors (Lipinski definition) is 2. The molecule has 2 aromatic rings. The Morgan fingerprint density at radius 2 is 1.42 bits per heavy atom. The first-order valence-electron chi connectivity index (χ1n) is 10.3. The Kier molecular flexibility index (Phi) is 8.35. The molecule has 17 heteroatoms. The number of rotatable bonds is 12. The van der Waals surface area contributed by atoms with E-state index in [1.807, 2.05) is 0 Å². The summed E-state index contributed by atoms with van der Waals surface area (Å²) >= 11 is 0. The van der Waals surface area contributed by atoms with E-state index >= 15 is 0 Å². The van der Waals surface area contributed by atoms with Crippen molar-refractivity contribution in [3.05, 3.63) is 42.0 Å². The van der Waals surface area contributed by atoms with Crippen LogP contribution in [0.25, 0.3) is 10.8 Å². The molecule has 1 unspecified atom stereocenters. The lowest BCUT2D eigenvalue weighted by atomic mass is 9.81. The molecule has 0 aliphatic rings. The summed E-state index contributed by atoms with van der Waals surface area (Å²) < 4.78 is 140. The molecule has 2 rings (SSSR count). The normalized spacial score (nSPS) is 15.2. The highest BCUT2D eigenvalue weighted by Gasteiger charge is 2.83. The maximum atomic E-state index is 14.2. The first kappa shape index (κ1) is 31.5. The summed E-state index contributed by atoms with van der Waals surface area (Å²) in [6.07, 6.45) is -0.557. The number of carbonyl (C=O) groups is 2. The van der Waals surface area contributed by atoms with E-state index < -0.39 is 77.8 Å². The van der Waals surface area contributed by atoms with Crippen molar-refractivity contribution >= 4 is 42.6 Å². The van der Waals surface area contributed by atoms with Gasteiger partial charge in [-0.05, 0) is 17.9 Å². The van der Waals surface area contributed by atoms with Crippen molar-refractivity contribution in [2.24, 2.45) is 5.41 Å². The summed E-state index contributed by atoms with van der Waals surface area (Å²) in [5.41, 5.74) is -1.52. The molecule has 0 amide bonds. The highest BCUT2D eigenvalue weighted by molar-refractivity contribution is 7.88. The van der Waals surface area contributed by atoms with Gasteiger partial charge in [0.2, 0.25) is 0 Å². The summed E-state index contributed by atoms with van der Waals surface area (Å²) in [6, 6.07) is 5.97. The van der Waals surface area contributed by atoms with E-state index in [-0.39, 0.29) is 17.4 Å². The second kappa shape index (κ2) is 10.1. The lowest BCUT2D eigenvalue weighted by molar-refractivity contribution is -0.247. The van der Waals surface area contributed by atoms with Crippen molar-refractivity contribution < 1.29 is 66.6 Å². The lowest BCUT2D eigenvalue weighted by Gasteiger charge is -2.29. The van der Waals surface area contributed by atoms with Crippen LogP contribution in [0.15, 0.2) is 36.4 Å². The number of halogens is 6. The molecule has 0 heterocycles. The maximum Gasteiger partial charge on any atom is 0.450 e. The number of fused-ring (bicyclic) bond motifs is 1. The van der Waals surface area contributed by atoms with Crippen molar-refractivity contribution in [2.45, 2.75) is 43.1 Å². The molecule has 1 atom stereocenters. The van der Waals surface area contributed by atoms with Crippen molar-refractivity contribution in [3.8, 4) is 5.75 Å². The van der Waals surface area contributed by atoms with Crippen LogP contribution in [0, 0.1) is 5.41 Å². The largest absolute Gasteiger partial charge is 0.450 e. The van der Waals surface area contributed by atoms with Gasteiger partial charge in [0, 0.05) is 16.4 Å². The maximum absolute atomic E-state index is 14.2. The van der Waals surface area contributed by atoms with Crippen molar-refractivity contribution in [3.63, 3.8) is 0 Å². The number of ketones is 2. The van der Waals surface area contributed by atoms with Gasteiger partial charge in [-0.1, -0.05) is 44.2 Å². The molecular formula is C21H20F6O9S2. The molecule has 0 aromatic heterocycles. The van der Waals surface area contributed by atoms with Crippen LogP contribution in [-0.2, 0) is 25.0 Å². The number of benzene rings is 2. The van der Waals surface area contributed by atoms with E-state index in [1.54, 1.807) is 6.92 Å². The van der Waals surface area contributed by atoms with Crippen LogP contribution in [0.2, 0.25) is 0 Å². The van der Waals surface area contributed by atoms with E-state index in [0.29, 0.717) is 6.07 Å². The van der Waals surface area contributed by atoms with Crippen LogP contribution in [0.4, 0.5) is 26.3 Å². The van der Waals surface area contributed by atoms with Gasteiger partial charge in [0.1, 0.15) is 5.78 Å². The smallest absolute Gasteiger partial charge is 0.395 e. The van der Waals surface area contributed by atoms with E-state index in [4.69, 9.17) is 4.55 Å². The van der Waals surface area contributed by atoms with E-state index in [9.17, 15) is 57.9 Å². The van der Waals surface area contributed by atoms with Crippen LogP contribution in [-0.4, -0.2) is 61.1 Å². The van der Waals surface area contributed by atoms with Crippen LogP contribution in [0.1, 0.15) is 37.0 Å². The number of aliphatic hydroxyl groups excluding tert-OH is 1. The summed E-state index contributed by atoms with van der Waals surface area (Å²) in [4.78, 5) is 25.3. The lowest BCUT2D eigenvalue weighted by Crippen LogP contribution is -2.61. The second-order valence-electron chi connectivity index (χ2n) is 8.37. The van der Waals surface area contributed by atoms with E-state index in [1.165, 1.54) is 6.92 Å². The Morgan fingerprint density at radius 1 is 0.895 bits per heavy atom. The molecule has 0 bridgehead atoms. The number of alkyl halides is 6. The summed E-state index contributed by atoms with van der Waals surface area (Å²) in [6.45, 7) is 2.42. The Labute approximate surface area is 212 Å². The van der Waals surface area contributed by atoms with Gasteiger partial charge < -0.3 is 9.29 Å².